The predicted octanol–water partition coefficient (Wildman–Crippen LogP) is 3.35. The minimum absolute atomic E-state index is 0.167. The first-order valence-corrected chi connectivity index (χ1v) is 7.36. The number of likely N-dealkylation sites (tertiary alicyclic amines) is 1. The largest absolute Gasteiger partial charge is 0.310 e. The summed E-state index contributed by atoms with van der Waals surface area (Å²) in [5.41, 5.74) is 1.15. The van der Waals surface area contributed by atoms with Crippen LogP contribution in [0.2, 0.25) is 0 Å². The molecule has 1 heterocycles. The number of halogens is 1. The van der Waals surface area contributed by atoms with Gasteiger partial charge in [0.15, 0.2) is 0 Å². The first kappa shape index (κ1) is 14.5. The summed E-state index contributed by atoms with van der Waals surface area (Å²) in [5, 5.41) is 3.54. The third-order valence-electron chi connectivity index (χ3n) is 4.22. The van der Waals surface area contributed by atoms with E-state index in [0.717, 1.165) is 18.2 Å². The normalized spacial score (nSPS) is 22.4. The molecule has 2 atom stereocenters. The van der Waals surface area contributed by atoms with Crippen LogP contribution < -0.4 is 5.32 Å². The Bertz CT molecular complexity index is 377. The summed E-state index contributed by atoms with van der Waals surface area (Å²) < 4.78 is 12.9. The van der Waals surface area contributed by atoms with E-state index in [-0.39, 0.29) is 11.9 Å². The van der Waals surface area contributed by atoms with Gasteiger partial charge in [0.25, 0.3) is 0 Å². The Morgan fingerprint density at radius 3 is 2.74 bits per heavy atom. The van der Waals surface area contributed by atoms with Gasteiger partial charge in [-0.05, 0) is 64.0 Å². The molecule has 0 spiro atoms. The van der Waals surface area contributed by atoms with Crippen LogP contribution in [0, 0.1) is 5.82 Å². The van der Waals surface area contributed by atoms with Crippen molar-refractivity contribution >= 4 is 0 Å². The lowest BCUT2D eigenvalue weighted by atomic mass is 10.00. The van der Waals surface area contributed by atoms with Gasteiger partial charge in [-0.25, -0.2) is 4.39 Å². The highest BCUT2D eigenvalue weighted by atomic mass is 19.1. The molecule has 19 heavy (non-hydrogen) atoms. The molecule has 1 aromatic rings. The molecule has 2 rings (SSSR count). The quantitative estimate of drug-likeness (QED) is 0.877. The Hall–Kier alpha value is -0.930. The highest BCUT2D eigenvalue weighted by Gasteiger charge is 2.18. The Labute approximate surface area is 116 Å². The van der Waals surface area contributed by atoms with Crippen molar-refractivity contribution in [3.8, 4) is 0 Å². The minimum Gasteiger partial charge on any atom is -0.310 e. The van der Waals surface area contributed by atoms with Gasteiger partial charge >= 0.3 is 0 Å². The van der Waals surface area contributed by atoms with Gasteiger partial charge in [-0.3, -0.25) is 0 Å². The smallest absolute Gasteiger partial charge is 0.123 e. The average Bonchev–Trinajstić information content (AvgIpc) is 2.41. The van der Waals surface area contributed by atoms with Gasteiger partial charge in [0, 0.05) is 12.1 Å². The molecular formula is C16H25FN2. The number of rotatable bonds is 5. The molecule has 1 aliphatic heterocycles. The zero-order valence-electron chi connectivity index (χ0n) is 12.0. The van der Waals surface area contributed by atoms with Crippen molar-refractivity contribution in [1.82, 2.24) is 10.2 Å². The summed E-state index contributed by atoms with van der Waals surface area (Å²) in [6, 6.07) is 7.79. The van der Waals surface area contributed by atoms with E-state index in [0.29, 0.717) is 0 Å². The first-order chi connectivity index (χ1) is 9.16. The maximum atomic E-state index is 12.9. The van der Waals surface area contributed by atoms with E-state index in [1.165, 1.54) is 44.4 Å². The van der Waals surface area contributed by atoms with E-state index in [1.54, 1.807) is 0 Å². The maximum Gasteiger partial charge on any atom is 0.123 e. The molecule has 1 unspecified atom stereocenters. The number of piperidine rings is 1. The number of nitrogens with one attached hydrogen (secondary N) is 1. The van der Waals surface area contributed by atoms with Gasteiger partial charge in [-0.15, -0.1) is 0 Å². The lowest BCUT2D eigenvalue weighted by Gasteiger charge is -2.32. The summed E-state index contributed by atoms with van der Waals surface area (Å²) in [4.78, 5) is 2.48. The van der Waals surface area contributed by atoms with E-state index in [1.807, 2.05) is 12.1 Å². The van der Waals surface area contributed by atoms with Crippen LogP contribution in [0.5, 0.6) is 0 Å². The fraction of sp³-hybridized carbons (Fsp3) is 0.625. The third-order valence-corrected chi connectivity index (χ3v) is 4.22. The second kappa shape index (κ2) is 7.01. The van der Waals surface area contributed by atoms with Gasteiger partial charge in [-0.1, -0.05) is 18.6 Å². The van der Waals surface area contributed by atoms with Crippen molar-refractivity contribution in [3.05, 3.63) is 35.6 Å². The summed E-state index contributed by atoms with van der Waals surface area (Å²) in [6.45, 7) is 4.39. The molecular weight excluding hydrogens is 239 g/mol. The third kappa shape index (κ3) is 4.29. The van der Waals surface area contributed by atoms with Crippen LogP contribution in [-0.4, -0.2) is 31.1 Å². The molecule has 1 fully saturated rings. The van der Waals surface area contributed by atoms with Crippen molar-refractivity contribution in [2.24, 2.45) is 0 Å². The van der Waals surface area contributed by atoms with Crippen molar-refractivity contribution in [2.45, 2.75) is 44.7 Å². The zero-order valence-corrected chi connectivity index (χ0v) is 12.0. The van der Waals surface area contributed by atoms with Crippen LogP contribution in [0.3, 0.4) is 0 Å². The SMILES string of the molecule is C[C@H](NCCC1CCCCN1C)c1ccc(F)cc1. The van der Waals surface area contributed by atoms with Crippen LogP contribution in [0.4, 0.5) is 4.39 Å². The molecule has 2 nitrogen and oxygen atoms in total. The van der Waals surface area contributed by atoms with Crippen LogP contribution in [0.15, 0.2) is 24.3 Å². The van der Waals surface area contributed by atoms with Crippen LogP contribution in [0.1, 0.15) is 44.2 Å². The molecule has 1 aliphatic rings. The van der Waals surface area contributed by atoms with Crippen molar-refractivity contribution < 1.29 is 4.39 Å². The van der Waals surface area contributed by atoms with Gasteiger partial charge < -0.3 is 10.2 Å². The van der Waals surface area contributed by atoms with E-state index in [2.05, 4.69) is 24.2 Å². The predicted molar refractivity (Wildman–Crippen MR) is 77.7 cm³/mol. The summed E-state index contributed by atoms with van der Waals surface area (Å²) in [5.74, 6) is -0.167. The Kier molecular flexibility index (Phi) is 5.34. The Morgan fingerprint density at radius 1 is 1.32 bits per heavy atom. The fourth-order valence-corrected chi connectivity index (χ4v) is 2.84. The van der Waals surface area contributed by atoms with Crippen molar-refractivity contribution in [1.29, 1.82) is 0 Å². The standard InChI is InChI=1S/C16H25FN2/c1-13(14-6-8-15(17)9-7-14)18-11-10-16-5-3-4-12-19(16)2/h6-9,13,16,18H,3-5,10-12H2,1-2H3/t13-,16?/m0/s1. The lowest BCUT2D eigenvalue weighted by Crippen LogP contribution is -2.38. The summed E-state index contributed by atoms with van der Waals surface area (Å²) >= 11 is 0. The topological polar surface area (TPSA) is 15.3 Å². The molecule has 106 valence electrons. The summed E-state index contributed by atoms with van der Waals surface area (Å²) in [6.07, 6.45) is 5.22. The molecule has 3 heteroatoms. The van der Waals surface area contributed by atoms with E-state index in [4.69, 9.17) is 0 Å². The van der Waals surface area contributed by atoms with Gasteiger partial charge in [-0.2, -0.15) is 0 Å². The van der Waals surface area contributed by atoms with Crippen LogP contribution >= 0.6 is 0 Å². The number of benzene rings is 1. The average molecular weight is 264 g/mol. The first-order valence-electron chi connectivity index (χ1n) is 7.36. The number of hydrogen-bond donors (Lipinski definition) is 1. The molecule has 1 N–H and O–H groups in total. The monoisotopic (exact) mass is 264 g/mol. The number of hydrogen-bond acceptors (Lipinski definition) is 2. The van der Waals surface area contributed by atoms with E-state index >= 15 is 0 Å². The van der Waals surface area contributed by atoms with E-state index in [9.17, 15) is 4.39 Å². The molecule has 0 radical (unpaired) electrons. The second-order valence-electron chi connectivity index (χ2n) is 5.65. The molecule has 0 bridgehead atoms. The highest BCUT2D eigenvalue weighted by molar-refractivity contribution is 5.19. The lowest BCUT2D eigenvalue weighted by molar-refractivity contribution is 0.174. The van der Waals surface area contributed by atoms with Gasteiger partial charge in [0.1, 0.15) is 5.82 Å². The van der Waals surface area contributed by atoms with Crippen molar-refractivity contribution in [2.75, 3.05) is 20.1 Å². The van der Waals surface area contributed by atoms with Gasteiger partial charge in [0.2, 0.25) is 0 Å². The highest BCUT2D eigenvalue weighted by Crippen LogP contribution is 2.18. The van der Waals surface area contributed by atoms with Crippen LogP contribution in [-0.2, 0) is 0 Å². The fourth-order valence-electron chi connectivity index (χ4n) is 2.84. The Morgan fingerprint density at radius 2 is 2.05 bits per heavy atom. The molecule has 0 aliphatic carbocycles. The van der Waals surface area contributed by atoms with Crippen LogP contribution in [0.25, 0.3) is 0 Å². The summed E-state index contributed by atoms with van der Waals surface area (Å²) in [7, 11) is 2.23. The molecule has 0 aromatic heterocycles. The van der Waals surface area contributed by atoms with Crippen molar-refractivity contribution in [3.63, 3.8) is 0 Å². The maximum absolute atomic E-state index is 12.9. The minimum atomic E-state index is -0.167. The van der Waals surface area contributed by atoms with E-state index < -0.39 is 0 Å². The van der Waals surface area contributed by atoms with Gasteiger partial charge in [0.05, 0.1) is 0 Å². The Balaban J connectivity index is 1.74. The molecule has 0 amide bonds. The number of nitrogens with zero attached hydrogens (tertiary/aromatic N) is 1. The second-order valence-corrected chi connectivity index (χ2v) is 5.65. The molecule has 1 saturated heterocycles. The molecule has 0 saturated carbocycles. The zero-order chi connectivity index (χ0) is 13.7. The molecule has 1 aromatic carbocycles.